The largest absolute Gasteiger partial charge is 0.495 e. The van der Waals surface area contributed by atoms with Gasteiger partial charge in [-0.15, -0.1) is 11.3 Å². The Morgan fingerprint density at radius 2 is 2.19 bits per heavy atom. The first-order chi connectivity index (χ1) is 12.6. The van der Waals surface area contributed by atoms with Gasteiger partial charge in [0.25, 0.3) is 0 Å². The predicted octanol–water partition coefficient (Wildman–Crippen LogP) is 2.71. The van der Waals surface area contributed by atoms with Gasteiger partial charge in [-0.25, -0.2) is 4.98 Å². The zero-order chi connectivity index (χ0) is 18.5. The fraction of sp³-hybridized carbons (Fsp3) is 0.474. The second-order valence-electron chi connectivity index (χ2n) is 6.42. The number of hydrogen-bond acceptors (Lipinski definition) is 5. The van der Waals surface area contributed by atoms with E-state index in [1.165, 1.54) is 4.88 Å². The van der Waals surface area contributed by atoms with E-state index in [0.29, 0.717) is 12.6 Å². The number of aliphatic imine (C=N–C) groups is 1. The Morgan fingerprint density at radius 3 is 2.88 bits per heavy atom. The third-order valence-electron chi connectivity index (χ3n) is 4.66. The van der Waals surface area contributed by atoms with E-state index in [-0.39, 0.29) is 0 Å². The van der Waals surface area contributed by atoms with Gasteiger partial charge in [0.1, 0.15) is 10.8 Å². The molecule has 1 aliphatic rings. The van der Waals surface area contributed by atoms with Crippen LogP contribution in [0.1, 0.15) is 22.0 Å². The number of aromatic nitrogens is 1. The summed E-state index contributed by atoms with van der Waals surface area (Å²) in [4.78, 5) is 12.6. The van der Waals surface area contributed by atoms with E-state index in [2.05, 4.69) is 44.6 Å². The van der Waals surface area contributed by atoms with Crippen molar-refractivity contribution in [1.82, 2.24) is 15.6 Å². The summed E-state index contributed by atoms with van der Waals surface area (Å²) in [5.74, 6) is 1.74. The lowest BCUT2D eigenvalue weighted by molar-refractivity contribution is 0.415. The monoisotopic (exact) mass is 373 g/mol. The summed E-state index contributed by atoms with van der Waals surface area (Å²) in [6.07, 6.45) is 1.06. The molecule has 0 spiro atoms. The van der Waals surface area contributed by atoms with Crippen LogP contribution in [0.2, 0.25) is 0 Å². The molecule has 1 aliphatic heterocycles. The zero-order valence-corrected chi connectivity index (χ0v) is 16.7. The number of hydrogen-bond donors (Lipinski definition) is 2. The summed E-state index contributed by atoms with van der Waals surface area (Å²) in [7, 11) is 3.53. The van der Waals surface area contributed by atoms with Gasteiger partial charge in [-0.3, -0.25) is 4.99 Å². The third-order valence-corrected chi connectivity index (χ3v) is 5.73. The second kappa shape index (κ2) is 8.40. The number of ether oxygens (including phenoxy) is 1. The van der Waals surface area contributed by atoms with E-state index in [1.807, 2.05) is 19.1 Å². The minimum absolute atomic E-state index is 0.353. The molecular weight excluding hydrogens is 346 g/mol. The lowest BCUT2D eigenvalue weighted by Gasteiger charge is -2.22. The summed E-state index contributed by atoms with van der Waals surface area (Å²) in [6, 6.07) is 8.53. The SMILES string of the molecule is CN=C(NCc1nc(C)c(C)s1)NC1CCN(c2ccccc2OC)C1. The molecule has 3 rings (SSSR count). The van der Waals surface area contributed by atoms with Crippen LogP contribution in [0.5, 0.6) is 5.75 Å². The molecule has 2 aromatic rings. The maximum atomic E-state index is 5.49. The highest BCUT2D eigenvalue weighted by Crippen LogP contribution is 2.30. The van der Waals surface area contributed by atoms with Crippen LogP contribution < -0.4 is 20.3 Å². The van der Waals surface area contributed by atoms with Gasteiger partial charge in [0.15, 0.2) is 5.96 Å². The van der Waals surface area contributed by atoms with Crippen molar-refractivity contribution in [2.45, 2.75) is 32.9 Å². The van der Waals surface area contributed by atoms with Crippen LogP contribution in [0.15, 0.2) is 29.3 Å². The fourth-order valence-corrected chi connectivity index (χ4v) is 4.02. The Bertz CT molecular complexity index is 754. The number of para-hydroxylation sites is 2. The molecule has 1 atom stereocenters. The molecule has 0 bridgehead atoms. The first-order valence-electron chi connectivity index (χ1n) is 8.88. The molecule has 7 heteroatoms. The summed E-state index contributed by atoms with van der Waals surface area (Å²) in [5, 5.41) is 7.99. The molecule has 1 aromatic heterocycles. The molecule has 1 aromatic carbocycles. The lowest BCUT2D eigenvalue weighted by atomic mass is 10.2. The van der Waals surface area contributed by atoms with Crippen LogP contribution in [0.25, 0.3) is 0 Å². The topological polar surface area (TPSA) is 61.8 Å². The van der Waals surface area contributed by atoms with Crippen molar-refractivity contribution in [2.75, 3.05) is 32.1 Å². The molecule has 6 nitrogen and oxygen atoms in total. The number of thiazole rings is 1. The highest BCUT2D eigenvalue weighted by Gasteiger charge is 2.25. The average Bonchev–Trinajstić information content (AvgIpc) is 3.25. The molecule has 26 heavy (non-hydrogen) atoms. The number of nitrogens with one attached hydrogen (secondary N) is 2. The van der Waals surface area contributed by atoms with Crippen LogP contribution in [0.3, 0.4) is 0 Å². The maximum Gasteiger partial charge on any atom is 0.191 e. The quantitative estimate of drug-likeness (QED) is 0.623. The molecule has 140 valence electrons. The minimum atomic E-state index is 0.353. The summed E-state index contributed by atoms with van der Waals surface area (Å²) in [6.45, 7) is 6.78. The zero-order valence-electron chi connectivity index (χ0n) is 15.9. The standard InChI is InChI=1S/C19H27N5OS/c1-13-14(2)26-18(22-13)11-21-19(20-3)23-15-9-10-24(12-15)16-7-5-6-8-17(16)25-4/h5-8,15H,9-12H2,1-4H3,(H2,20,21,23). The molecule has 1 unspecified atom stereocenters. The van der Waals surface area contributed by atoms with E-state index < -0.39 is 0 Å². The minimum Gasteiger partial charge on any atom is -0.495 e. The molecule has 1 saturated heterocycles. The first kappa shape index (κ1) is 18.5. The Morgan fingerprint density at radius 1 is 1.38 bits per heavy atom. The number of benzene rings is 1. The summed E-state index contributed by atoms with van der Waals surface area (Å²) < 4.78 is 5.49. The molecule has 0 saturated carbocycles. The van der Waals surface area contributed by atoms with Crippen LogP contribution in [-0.2, 0) is 6.54 Å². The first-order valence-corrected chi connectivity index (χ1v) is 9.70. The van der Waals surface area contributed by atoms with Gasteiger partial charge in [-0.05, 0) is 32.4 Å². The van der Waals surface area contributed by atoms with Gasteiger partial charge in [-0.2, -0.15) is 0 Å². The Hall–Kier alpha value is -2.28. The molecule has 2 heterocycles. The molecule has 2 N–H and O–H groups in total. The number of aryl methyl sites for hydroxylation is 2. The number of methoxy groups -OCH3 is 1. The van der Waals surface area contributed by atoms with Gasteiger partial charge in [-0.1, -0.05) is 12.1 Å². The number of guanidine groups is 1. The molecular formula is C19H27N5OS. The van der Waals surface area contributed by atoms with Crippen molar-refractivity contribution < 1.29 is 4.74 Å². The predicted molar refractivity (Wildman–Crippen MR) is 109 cm³/mol. The van der Waals surface area contributed by atoms with Crippen LogP contribution in [0.4, 0.5) is 5.69 Å². The lowest BCUT2D eigenvalue weighted by Crippen LogP contribution is -2.44. The van der Waals surface area contributed by atoms with Crippen molar-refractivity contribution in [2.24, 2.45) is 4.99 Å². The van der Waals surface area contributed by atoms with E-state index in [4.69, 9.17) is 4.74 Å². The molecule has 1 fully saturated rings. The number of anilines is 1. The smallest absolute Gasteiger partial charge is 0.191 e. The van der Waals surface area contributed by atoms with E-state index in [0.717, 1.165) is 47.6 Å². The maximum absolute atomic E-state index is 5.49. The van der Waals surface area contributed by atoms with Crippen LogP contribution in [-0.4, -0.2) is 44.2 Å². The van der Waals surface area contributed by atoms with Crippen molar-refractivity contribution in [1.29, 1.82) is 0 Å². The van der Waals surface area contributed by atoms with Crippen LogP contribution in [0, 0.1) is 13.8 Å². The van der Waals surface area contributed by atoms with E-state index in [9.17, 15) is 0 Å². The van der Waals surface area contributed by atoms with Gasteiger partial charge < -0.3 is 20.3 Å². The van der Waals surface area contributed by atoms with Crippen LogP contribution >= 0.6 is 11.3 Å². The highest BCUT2D eigenvalue weighted by atomic mass is 32.1. The Balaban J connectivity index is 1.55. The van der Waals surface area contributed by atoms with Gasteiger partial charge in [0.2, 0.25) is 0 Å². The average molecular weight is 374 g/mol. The van der Waals surface area contributed by atoms with Gasteiger partial charge >= 0.3 is 0 Å². The van der Waals surface area contributed by atoms with Crippen molar-refractivity contribution in [3.63, 3.8) is 0 Å². The molecule has 0 amide bonds. The Kier molecular flexibility index (Phi) is 5.98. The molecule has 0 aliphatic carbocycles. The van der Waals surface area contributed by atoms with Gasteiger partial charge in [0.05, 0.1) is 25.0 Å². The van der Waals surface area contributed by atoms with Crippen molar-refractivity contribution in [3.8, 4) is 5.75 Å². The Labute approximate surface area is 159 Å². The molecule has 0 radical (unpaired) electrons. The summed E-state index contributed by atoms with van der Waals surface area (Å²) in [5.41, 5.74) is 2.26. The van der Waals surface area contributed by atoms with E-state index in [1.54, 1.807) is 25.5 Å². The fourth-order valence-electron chi connectivity index (χ4n) is 3.15. The van der Waals surface area contributed by atoms with E-state index >= 15 is 0 Å². The van der Waals surface area contributed by atoms with Gasteiger partial charge in [0, 0.05) is 31.1 Å². The number of nitrogens with zero attached hydrogens (tertiary/aromatic N) is 3. The second-order valence-corrected chi connectivity index (χ2v) is 7.71. The van der Waals surface area contributed by atoms with Crippen molar-refractivity contribution in [3.05, 3.63) is 39.8 Å². The number of rotatable bonds is 5. The summed E-state index contributed by atoms with van der Waals surface area (Å²) >= 11 is 1.73. The highest BCUT2D eigenvalue weighted by molar-refractivity contribution is 7.11. The third kappa shape index (κ3) is 4.27. The normalized spacial score (nSPS) is 17.5. The van der Waals surface area contributed by atoms with Crippen molar-refractivity contribution >= 4 is 23.0 Å².